The number of hydrogen-bond donors (Lipinski definition) is 2. The molecule has 0 radical (unpaired) electrons. The van der Waals surface area contributed by atoms with Crippen molar-refractivity contribution in [2.75, 3.05) is 20.3 Å². The van der Waals surface area contributed by atoms with E-state index in [-0.39, 0.29) is 18.0 Å². The lowest BCUT2D eigenvalue weighted by atomic mass is 10.2. The molecule has 1 aromatic rings. The van der Waals surface area contributed by atoms with Gasteiger partial charge in [0.05, 0.1) is 12.6 Å². The summed E-state index contributed by atoms with van der Waals surface area (Å²) in [6.45, 7) is 5.02. The van der Waals surface area contributed by atoms with E-state index in [1.165, 1.54) is 4.88 Å². The van der Waals surface area contributed by atoms with Crippen LogP contribution >= 0.6 is 11.3 Å². The fourth-order valence-electron chi connectivity index (χ4n) is 1.50. The summed E-state index contributed by atoms with van der Waals surface area (Å²) in [6, 6.07) is 4.07. The average Bonchev–Trinajstić information content (AvgIpc) is 2.82. The summed E-state index contributed by atoms with van der Waals surface area (Å²) in [7, 11) is 1.62. The first-order valence-corrected chi connectivity index (χ1v) is 6.59. The van der Waals surface area contributed by atoms with Crippen LogP contribution in [0.5, 0.6) is 0 Å². The monoisotopic (exact) mass is 256 g/mol. The maximum atomic E-state index is 11.7. The number of methoxy groups -OCH3 is 1. The standard InChI is InChI=1S/C12H20N2O2S/c1-9(11-5-4-8-17-11)14-10(2)12(15)13-6-7-16-3/h4-5,8-10,14H,6-7H2,1-3H3,(H,13,15)/t9-,10?/m1/s1. The first-order valence-electron chi connectivity index (χ1n) is 5.71. The lowest BCUT2D eigenvalue weighted by Gasteiger charge is -2.18. The van der Waals surface area contributed by atoms with E-state index in [1.54, 1.807) is 18.4 Å². The molecule has 1 unspecified atom stereocenters. The predicted octanol–water partition coefficient (Wildman–Crippen LogP) is 1.55. The molecular formula is C12H20N2O2S. The summed E-state index contributed by atoms with van der Waals surface area (Å²) >= 11 is 1.69. The van der Waals surface area contributed by atoms with Gasteiger partial charge in [0.2, 0.25) is 5.91 Å². The number of hydrogen-bond acceptors (Lipinski definition) is 4. The highest BCUT2D eigenvalue weighted by atomic mass is 32.1. The van der Waals surface area contributed by atoms with Gasteiger partial charge in [-0.25, -0.2) is 0 Å². The van der Waals surface area contributed by atoms with Gasteiger partial charge in [0.15, 0.2) is 0 Å². The van der Waals surface area contributed by atoms with Crippen molar-refractivity contribution in [1.29, 1.82) is 0 Å². The summed E-state index contributed by atoms with van der Waals surface area (Å²) in [5.74, 6) is 0.00505. The van der Waals surface area contributed by atoms with E-state index in [0.29, 0.717) is 13.2 Å². The number of thiophene rings is 1. The molecule has 0 saturated carbocycles. The van der Waals surface area contributed by atoms with Gasteiger partial charge in [-0.3, -0.25) is 10.1 Å². The molecule has 0 spiro atoms. The van der Waals surface area contributed by atoms with Crippen LogP contribution in [-0.4, -0.2) is 32.2 Å². The number of nitrogens with one attached hydrogen (secondary N) is 2. The SMILES string of the molecule is COCCNC(=O)C(C)N[C@H](C)c1cccs1. The largest absolute Gasteiger partial charge is 0.383 e. The molecular weight excluding hydrogens is 236 g/mol. The van der Waals surface area contributed by atoms with Gasteiger partial charge < -0.3 is 10.1 Å². The van der Waals surface area contributed by atoms with Crippen molar-refractivity contribution in [2.24, 2.45) is 0 Å². The third-order valence-corrected chi connectivity index (χ3v) is 3.52. The highest BCUT2D eigenvalue weighted by molar-refractivity contribution is 7.10. The fraction of sp³-hybridized carbons (Fsp3) is 0.583. The Morgan fingerprint density at radius 2 is 2.29 bits per heavy atom. The van der Waals surface area contributed by atoms with Crippen molar-refractivity contribution in [3.05, 3.63) is 22.4 Å². The molecule has 0 aliphatic carbocycles. The van der Waals surface area contributed by atoms with Crippen molar-refractivity contribution in [2.45, 2.75) is 25.9 Å². The third kappa shape index (κ3) is 4.85. The van der Waals surface area contributed by atoms with Crippen LogP contribution in [0.15, 0.2) is 17.5 Å². The molecule has 1 rings (SSSR count). The van der Waals surface area contributed by atoms with E-state index < -0.39 is 0 Å². The van der Waals surface area contributed by atoms with Crippen LogP contribution in [0.4, 0.5) is 0 Å². The maximum absolute atomic E-state index is 11.7. The van der Waals surface area contributed by atoms with Crippen molar-refractivity contribution in [3.8, 4) is 0 Å². The second-order valence-corrected chi connectivity index (χ2v) is 4.89. The van der Waals surface area contributed by atoms with Gasteiger partial charge in [0, 0.05) is 24.6 Å². The molecule has 5 heteroatoms. The van der Waals surface area contributed by atoms with Crippen molar-refractivity contribution < 1.29 is 9.53 Å². The van der Waals surface area contributed by atoms with Crippen LogP contribution in [0.1, 0.15) is 24.8 Å². The second-order valence-electron chi connectivity index (χ2n) is 3.91. The molecule has 96 valence electrons. The molecule has 1 heterocycles. The summed E-state index contributed by atoms with van der Waals surface area (Å²) < 4.78 is 4.88. The Bertz CT molecular complexity index is 327. The number of ether oxygens (including phenoxy) is 1. The highest BCUT2D eigenvalue weighted by Gasteiger charge is 2.15. The number of carbonyl (C=O) groups is 1. The van der Waals surface area contributed by atoms with Crippen LogP contribution in [0.25, 0.3) is 0 Å². The van der Waals surface area contributed by atoms with Crippen LogP contribution < -0.4 is 10.6 Å². The molecule has 0 aromatic carbocycles. The first kappa shape index (κ1) is 14.2. The summed E-state index contributed by atoms with van der Waals surface area (Å²) in [4.78, 5) is 12.9. The maximum Gasteiger partial charge on any atom is 0.236 e. The van der Waals surface area contributed by atoms with Gasteiger partial charge in [-0.1, -0.05) is 6.07 Å². The lowest BCUT2D eigenvalue weighted by molar-refractivity contribution is -0.123. The molecule has 0 bridgehead atoms. The smallest absolute Gasteiger partial charge is 0.236 e. The summed E-state index contributed by atoms with van der Waals surface area (Å²) in [6.07, 6.45) is 0. The Labute approximate surface area is 106 Å². The third-order valence-electron chi connectivity index (χ3n) is 2.47. The molecule has 2 atom stereocenters. The Morgan fingerprint density at radius 3 is 2.88 bits per heavy atom. The van der Waals surface area contributed by atoms with E-state index in [4.69, 9.17) is 4.74 Å². The van der Waals surface area contributed by atoms with Crippen LogP contribution in [-0.2, 0) is 9.53 Å². The summed E-state index contributed by atoms with van der Waals surface area (Å²) in [5.41, 5.74) is 0. The Balaban J connectivity index is 2.32. The lowest BCUT2D eigenvalue weighted by Crippen LogP contribution is -2.43. The van der Waals surface area contributed by atoms with Gasteiger partial charge in [-0.15, -0.1) is 11.3 Å². The summed E-state index contributed by atoms with van der Waals surface area (Å²) in [5, 5.41) is 8.12. The predicted molar refractivity (Wildman–Crippen MR) is 70.2 cm³/mol. The Hall–Kier alpha value is -0.910. The fourth-order valence-corrected chi connectivity index (χ4v) is 2.24. The van der Waals surface area contributed by atoms with Crippen molar-refractivity contribution in [3.63, 3.8) is 0 Å². The van der Waals surface area contributed by atoms with E-state index in [2.05, 4.69) is 23.6 Å². The van der Waals surface area contributed by atoms with Gasteiger partial charge in [0.1, 0.15) is 0 Å². The first-order chi connectivity index (χ1) is 8.15. The zero-order chi connectivity index (χ0) is 12.7. The Morgan fingerprint density at radius 1 is 1.53 bits per heavy atom. The molecule has 1 amide bonds. The van der Waals surface area contributed by atoms with Crippen LogP contribution in [0.2, 0.25) is 0 Å². The molecule has 0 aliphatic heterocycles. The minimum atomic E-state index is -0.205. The second kappa shape index (κ2) is 7.42. The van der Waals surface area contributed by atoms with E-state index >= 15 is 0 Å². The average molecular weight is 256 g/mol. The number of amides is 1. The van der Waals surface area contributed by atoms with Gasteiger partial charge in [-0.05, 0) is 25.3 Å². The van der Waals surface area contributed by atoms with Gasteiger partial charge >= 0.3 is 0 Å². The quantitative estimate of drug-likeness (QED) is 0.728. The zero-order valence-electron chi connectivity index (χ0n) is 10.5. The molecule has 4 nitrogen and oxygen atoms in total. The van der Waals surface area contributed by atoms with Crippen LogP contribution in [0, 0.1) is 0 Å². The van der Waals surface area contributed by atoms with Crippen molar-refractivity contribution in [1.82, 2.24) is 10.6 Å². The number of rotatable bonds is 7. The topological polar surface area (TPSA) is 50.4 Å². The Kier molecular flexibility index (Phi) is 6.18. The highest BCUT2D eigenvalue weighted by Crippen LogP contribution is 2.18. The minimum Gasteiger partial charge on any atom is -0.383 e. The molecule has 0 fully saturated rings. The minimum absolute atomic E-state index is 0.00505. The van der Waals surface area contributed by atoms with Gasteiger partial charge in [0.25, 0.3) is 0 Å². The molecule has 0 saturated heterocycles. The van der Waals surface area contributed by atoms with E-state index in [0.717, 1.165) is 0 Å². The normalized spacial score (nSPS) is 14.3. The molecule has 17 heavy (non-hydrogen) atoms. The van der Waals surface area contributed by atoms with Crippen molar-refractivity contribution >= 4 is 17.2 Å². The number of carbonyl (C=O) groups excluding carboxylic acids is 1. The molecule has 2 N–H and O–H groups in total. The molecule has 1 aromatic heterocycles. The van der Waals surface area contributed by atoms with E-state index in [9.17, 15) is 4.79 Å². The van der Waals surface area contributed by atoms with Gasteiger partial charge in [-0.2, -0.15) is 0 Å². The van der Waals surface area contributed by atoms with E-state index in [1.807, 2.05) is 18.4 Å². The van der Waals surface area contributed by atoms with Crippen LogP contribution in [0.3, 0.4) is 0 Å². The molecule has 0 aliphatic rings. The zero-order valence-corrected chi connectivity index (χ0v) is 11.3.